The second-order valence-corrected chi connectivity index (χ2v) is 8.32. The minimum absolute atomic E-state index is 0.0331. The topological polar surface area (TPSA) is 75.9 Å². The van der Waals surface area contributed by atoms with Crippen LogP contribution in [-0.4, -0.2) is 45.0 Å². The molecular formula is C19H26N6OS. The van der Waals surface area contributed by atoms with E-state index in [9.17, 15) is 4.79 Å². The molecule has 2 fully saturated rings. The summed E-state index contributed by atoms with van der Waals surface area (Å²) in [6.07, 6.45) is 7.20. The molecule has 0 atom stereocenters. The smallest absolute Gasteiger partial charge is 0.234 e. The van der Waals surface area contributed by atoms with Crippen LogP contribution in [0.25, 0.3) is 0 Å². The summed E-state index contributed by atoms with van der Waals surface area (Å²) in [6.45, 7) is 4.35. The van der Waals surface area contributed by atoms with Gasteiger partial charge in [-0.2, -0.15) is 0 Å². The molecule has 0 radical (unpaired) electrons. The molecule has 4 rings (SSSR count). The van der Waals surface area contributed by atoms with Crippen molar-refractivity contribution in [2.75, 3.05) is 29.1 Å². The molecule has 0 spiro atoms. The predicted octanol–water partition coefficient (Wildman–Crippen LogP) is 3.43. The Hall–Kier alpha value is -2.09. The maximum Gasteiger partial charge on any atom is 0.234 e. The zero-order chi connectivity index (χ0) is 18.6. The number of rotatable bonds is 6. The lowest BCUT2D eigenvalue weighted by Crippen LogP contribution is -2.19. The molecule has 7 nitrogen and oxygen atoms in total. The number of carbonyl (C=O) groups excluding carboxylic acids is 1. The van der Waals surface area contributed by atoms with Crippen LogP contribution in [0.4, 0.5) is 11.4 Å². The first-order valence-electron chi connectivity index (χ1n) is 9.77. The first-order valence-corrected chi connectivity index (χ1v) is 10.8. The number of nitrogens with one attached hydrogen (secondary N) is 1. The minimum atomic E-state index is -0.0331. The highest BCUT2D eigenvalue weighted by Crippen LogP contribution is 2.31. The van der Waals surface area contributed by atoms with E-state index in [-0.39, 0.29) is 5.91 Å². The van der Waals surface area contributed by atoms with Crippen LogP contribution in [0.1, 0.15) is 50.1 Å². The van der Waals surface area contributed by atoms with E-state index < -0.39 is 0 Å². The van der Waals surface area contributed by atoms with Gasteiger partial charge in [0.1, 0.15) is 0 Å². The van der Waals surface area contributed by atoms with E-state index in [2.05, 4.69) is 44.8 Å². The minimum Gasteiger partial charge on any atom is -0.371 e. The average Bonchev–Trinajstić information content (AvgIpc) is 3.40. The van der Waals surface area contributed by atoms with Crippen molar-refractivity contribution < 1.29 is 4.79 Å². The molecule has 0 bridgehead atoms. The lowest BCUT2D eigenvalue weighted by Gasteiger charge is -2.20. The Morgan fingerprint density at radius 3 is 2.74 bits per heavy atom. The molecule has 1 aliphatic carbocycles. The van der Waals surface area contributed by atoms with Crippen molar-refractivity contribution in [3.05, 3.63) is 23.8 Å². The molecule has 1 saturated heterocycles. The van der Waals surface area contributed by atoms with Gasteiger partial charge in [0.15, 0.2) is 0 Å². The fourth-order valence-electron chi connectivity index (χ4n) is 4.03. The zero-order valence-electron chi connectivity index (χ0n) is 15.7. The van der Waals surface area contributed by atoms with Gasteiger partial charge in [-0.3, -0.25) is 4.79 Å². The molecule has 2 aliphatic rings. The fourth-order valence-corrected chi connectivity index (χ4v) is 4.78. The number of thioether (sulfide) groups is 1. The summed E-state index contributed by atoms with van der Waals surface area (Å²) in [6, 6.07) is 6.54. The van der Waals surface area contributed by atoms with Crippen molar-refractivity contribution in [1.29, 1.82) is 0 Å². The van der Waals surface area contributed by atoms with E-state index in [1.165, 1.54) is 48.7 Å². The van der Waals surface area contributed by atoms with Crippen molar-refractivity contribution in [1.82, 2.24) is 20.2 Å². The van der Waals surface area contributed by atoms with Crippen molar-refractivity contribution >= 4 is 29.0 Å². The standard InChI is InChI=1S/C19H26N6OS/c1-14-12-15(8-9-17(14)24-10-4-5-11-24)20-18(26)13-27-19-21-22-23-25(19)16-6-2-3-7-16/h8-9,12,16H,2-7,10-11,13H2,1H3,(H,20,26). The maximum atomic E-state index is 12.4. The van der Waals surface area contributed by atoms with E-state index in [1.807, 2.05) is 10.7 Å². The largest absolute Gasteiger partial charge is 0.371 e. The number of aryl methyl sites for hydroxylation is 1. The first kappa shape index (κ1) is 18.3. The van der Waals surface area contributed by atoms with Gasteiger partial charge in [-0.1, -0.05) is 24.6 Å². The highest BCUT2D eigenvalue weighted by Gasteiger charge is 2.22. The lowest BCUT2D eigenvalue weighted by molar-refractivity contribution is -0.113. The van der Waals surface area contributed by atoms with E-state index >= 15 is 0 Å². The summed E-state index contributed by atoms with van der Waals surface area (Å²) in [5.74, 6) is 0.273. The zero-order valence-corrected chi connectivity index (χ0v) is 16.5. The van der Waals surface area contributed by atoms with Crippen LogP contribution in [0.5, 0.6) is 0 Å². The first-order chi connectivity index (χ1) is 13.2. The van der Waals surface area contributed by atoms with Crippen LogP contribution in [0.2, 0.25) is 0 Å². The van der Waals surface area contributed by atoms with Crippen LogP contribution in [0.3, 0.4) is 0 Å². The molecule has 27 heavy (non-hydrogen) atoms. The lowest BCUT2D eigenvalue weighted by atomic mass is 10.1. The Morgan fingerprint density at radius 1 is 1.22 bits per heavy atom. The van der Waals surface area contributed by atoms with Crippen LogP contribution >= 0.6 is 11.8 Å². The highest BCUT2D eigenvalue weighted by atomic mass is 32.2. The van der Waals surface area contributed by atoms with Gasteiger partial charge in [0.2, 0.25) is 11.1 Å². The fraction of sp³-hybridized carbons (Fsp3) is 0.579. The summed E-state index contributed by atoms with van der Waals surface area (Å²) >= 11 is 1.40. The second-order valence-electron chi connectivity index (χ2n) is 7.38. The Balaban J connectivity index is 1.33. The van der Waals surface area contributed by atoms with Crippen LogP contribution in [0, 0.1) is 6.92 Å². The average molecular weight is 387 g/mol. The third-order valence-corrected chi connectivity index (χ3v) is 6.33. The Morgan fingerprint density at radius 2 is 2.00 bits per heavy atom. The maximum absolute atomic E-state index is 12.4. The van der Waals surface area contributed by atoms with E-state index in [4.69, 9.17) is 0 Å². The number of hydrogen-bond donors (Lipinski definition) is 1. The van der Waals surface area contributed by atoms with Crippen molar-refractivity contribution in [2.45, 2.75) is 56.6 Å². The molecule has 2 heterocycles. The third kappa shape index (κ3) is 4.26. The van der Waals surface area contributed by atoms with Gasteiger partial charge in [-0.25, -0.2) is 4.68 Å². The Bertz CT molecular complexity index is 795. The molecule has 1 aromatic heterocycles. The number of benzene rings is 1. The van der Waals surface area contributed by atoms with Gasteiger partial charge in [0.05, 0.1) is 11.8 Å². The second kappa shape index (κ2) is 8.29. The van der Waals surface area contributed by atoms with Crippen molar-refractivity contribution in [2.24, 2.45) is 0 Å². The Labute approximate surface area is 163 Å². The number of carbonyl (C=O) groups is 1. The molecule has 8 heteroatoms. The highest BCUT2D eigenvalue weighted by molar-refractivity contribution is 7.99. The van der Waals surface area contributed by atoms with Gasteiger partial charge in [-0.15, -0.1) is 5.10 Å². The quantitative estimate of drug-likeness (QED) is 0.767. The summed E-state index contributed by atoms with van der Waals surface area (Å²) in [4.78, 5) is 14.8. The summed E-state index contributed by atoms with van der Waals surface area (Å²) in [5, 5.41) is 15.7. The monoisotopic (exact) mass is 386 g/mol. The summed E-state index contributed by atoms with van der Waals surface area (Å²) in [7, 11) is 0. The summed E-state index contributed by atoms with van der Waals surface area (Å²) in [5.41, 5.74) is 3.32. The van der Waals surface area contributed by atoms with Crippen LogP contribution in [-0.2, 0) is 4.79 Å². The van der Waals surface area contributed by atoms with Crippen LogP contribution < -0.4 is 10.2 Å². The van der Waals surface area contributed by atoms with E-state index in [1.54, 1.807) is 0 Å². The Kier molecular flexibility index (Phi) is 5.61. The van der Waals surface area contributed by atoms with Crippen molar-refractivity contribution in [3.8, 4) is 0 Å². The predicted molar refractivity (Wildman–Crippen MR) is 107 cm³/mol. The number of tetrazole rings is 1. The molecule has 0 unspecified atom stereocenters. The van der Waals surface area contributed by atoms with Crippen molar-refractivity contribution in [3.63, 3.8) is 0 Å². The summed E-state index contributed by atoms with van der Waals surface area (Å²) < 4.78 is 1.89. The molecule has 2 aromatic rings. The van der Waals surface area contributed by atoms with Gasteiger partial charge in [0, 0.05) is 24.5 Å². The van der Waals surface area contributed by atoms with Crippen LogP contribution in [0.15, 0.2) is 23.4 Å². The molecule has 1 saturated carbocycles. The van der Waals surface area contributed by atoms with Gasteiger partial charge >= 0.3 is 0 Å². The number of amides is 1. The molecule has 1 amide bonds. The number of nitrogens with zero attached hydrogens (tertiary/aromatic N) is 5. The molecule has 1 aliphatic heterocycles. The number of aromatic nitrogens is 4. The van der Waals surface area contributed by atoms with Gasteiger partial charge < -0.3 is 10.2 Å². The molecule has 144 valence electrons. The van der Waals surface area contributed by atoms with Gasteiger partial charge in [0.25, 0.3) is 0 Å². The number of hydrogen-bond acceptors (Lipinski definition) is 6. The molecule has 1 N–H and O–H groups in total. The normalized spacial score (nSPS) is 17.6. The van der Waals surface area contributed by atoms with E-state index in [0.29, 0.717) is 11.8 Å². The third-order valence-electron chi connectivity index (χ3n) is 5.39. The molecular weight excluding hydrogens is 360 g/mol. The molecule has 1 aromatic carbocycles. The van der Waals surface area contributed by atoms with Gasteiger partial charge in [-0.05, 0) is 66.8 Å². The number of anilines is 2. The van der Waals surface area contributed by atoms with E-state index in [0.717, 1.165) is 36.8 Å². The SMILES string of the molecule is Cc1cc(NC(=O)CSc2nnnn2C2CCCC2)ccc1N1CCCC1.